The molecule has 18 heavy (non-hydrogen) atoms. The Balaban J connectivity index is 4.16. The molecule has 0 aromatic rings. The number of carbonyl (C=O) groups excluding carboxylic acids is 1. The molecule has 0 saturated heterocycles. The van der Waals surface area contributed by atoms with Crippen LogP contribution in [0.5, 0.6) is 0 Å². The van der Waals surface area contributed by atoms with E-state index in [1.807, 2.05) is 0 Å². The van der Waals surface area contributed by atoms with Crippen molar-refractivity contribution < 1.29 is 35.1 Å². The highest BCUT2D eigenvalue weighted by molar-refractivity contribution is 7.80. The van der Waals surface area contributed by atoms with Gasteiger partial charge in [-0.1, -0.05) is 0 Å². The molecule has 0 unspecified atom stereocenters. The molecule has 0 aliphatic rings. The third-order valence-electron chi connectivity index (χ3n) is 2.22. The molecule has 0 aliphatic heterocycles. The number of ether oxygens (including phenoxy) is 1. The number of hydrogen-bond donors (Lipinski definition) is 7. The van der Waals surface area contributed by atoms with E-state index >= 15 is 0 Å². The van der Waals surface area contributed by atoms with Crippen LogP contribution in [0.4, 0.5) is 0 Å². The van der Waals surface area contributed by atoms with Gasteiger partial charge in [-0.15, -0.1) is 0 Å². The van der Waals surface area contributed by atoms with Gasteiger partial charge in [-0.3, -0.25) is 4.79 Å². The minimum absolute atomic E-state index is 0.0589. The fourth-order valence-corrected chi connectivity index (χ4v) is 1.16. The van der Waals surface area contributed by atoms with Crippen LogP contribution >= 0.6 is 12.6 Å². The lowest BCUT2D eigenvalue weighted by atomic mass is 10.0. The highest BCUT2D eigenvalue weighted by Crippen LogP contribution is 2.06. The van der Waals surface area contributed by atoms with Gasteiger partial charge in [0.15, 0.2) is 0 Å². The number of rotatable bonds is 8. The molecule has 0 heterocycles. The van der Waals surface area contributed by atoms with Crippen molar-refractivity contribution in [1.82, 2.24) is 0 Å². The predicted octanol–water partition coefficient (Wildman–Crippen LogP) is -3.78. The van der Waals surface area contributed by atoms with Crippen LogP contribution in [-0.4, -0.2) is 80.9 Å². The first-order chi connectivity index (χ1) is 8.34. The van der Waals surface area contributed by atoms with Gasteiger partial charge in [0.25, 0.3) is 0 Å². The topological polar surface area (TPSA) is 153 Å². The van der Waals surface area contributed by atoms with E-state index in [-0.39, 0.29) is 5.75 Å². The standard InChI is InChI=1S/C9H19NO7S/c10-4(3-18)9(16)17-2-6(13)8(15)7(14)5(12)1-11/h4-8,11-15,18H,1-3,10H2/t4-,5+,6+,7+,8+/m0/s1. The predicted molar refractivity (Wildman–Crippen MR) is 63.9 cm³/mol. The zero-order valence-electron chi connectivity index (χ0n) is 9.59. The van der Waals surface area contributed by atoms with E-state index in [4.69, 9.17) is 15.9 Å². The van der Waals surface area contributed by atoms with Crippen LogP contribution in [0.25, 0.3) is 0 Å². The number of hydrogen-bond acceptors (Lipinski definition) is 9. The first-order valence-electron chi connectivity index (χ1n) is 5.21. The number of nitrogens with two attached hydrogens (primary N) is 1. The maximum atomic E-state index is 11.1. The fourth-order valence-electron chi connectivity index (χ4n) is 1.01. The van der Waals surface area contributed by atoms with Gasteiger partial charge in [0, 0.05) is 5.75 Å². The van der Waals surface area contributed by atoms with Gasteiger partial charge in [-0.25, -0.2) is 0 Å². The number of aliphatic hydroxyl groups is 5. The van der Waals surface area contributed by atoms with E-state index in [0.29, 0.717) is 0 Å². The van der Waals surface area contributed by atoms with Crippen LogP contribution in [0.3, 0.4) is 0 Å². The molecule has 0 aromatic heterocycles. The van der Waals surface area contributed by atoms with Crippen LogP contribution in [0.15, 0.2) is 0 Å². The Labute approximate surface area is 109 Å². The maximum absolute atomic E-state index is 11.1. The van der Waals surface area contributed by atoms with E-state index in [2.05, 4.69) is 17.4 Å². The molecule has 7 N–H and O–H groups in total. The van der Waals surface area contributed by atoms with E-state index < -0.39 is 49.6 Å². The highest BCUT2D eigenvalue weighted by Gasteiger charge is 2.31. The second-order valence-corrected chi connectivity index (χ2v) is 4.08. The number of esters is 1. The second kappa shape index (κ2) is 8.64. The monoisotopic (exact) mass is 285 g/mol. The summed E-state index contributed by atoms with van der Waals surface area (Å²) in [7, 11) is 0. The number of thiol groups is 1. The Hall–Kier alpha value is -0.420. The molecule has 0 fully saturated rings. The minimum atomic E-state index is -1.77. The van der Waals surface area contributed by atoms with Gasteiger partial charge in [0.2, 0.25) is 0 Å². The van der Waals surface area contributed by atoms with Gasteiger partial charge >= 0.3 is 5.97 Å². The first-order valence-corrected chi connectivity index (χ1v) is 5.84. The lowest BCUT2D eigenvalue weighted by Crippen LogP contribution is -2.48. The average molecular weight is 285 g/mol. The van der Waals surface area contributed by atoms with Crippen molar-refractivity contribution in [2.45, 2.75) is 30.5 Å². The molecule has 0 aliphatic carbocycles. The summed E-state index contributed by atoms with van der Waals surface area (Å²) in [6.45, 7) is -1.38. The molecule has 5 atom stereocenters. The number of carbonyl (C=O) groups is 1. The highest BCUT2D eigenvalue weighted by atomic mass is 32.1. The molecule has 0 saturated carbocycles. The second-order valence-electron chi connectivity index (χ2n) is 3.72. The summed E-state index contributed by atoms with van der Waals surface area (Å²) >= 11 is 3.77. The third kappa shape index (κ3) is 5.48. The zero-order valence-corrected chi connectivity index (χ0v) is 10.5. The Kier molecular flexibility index (Phi) is 8.44. The van der Waals surface area contributed by atoms with Crippen molar-refractivity contribution in [3.8, 4) is 0 Å². The van der Waals surface area contributed by atoms with Gasteiger partial charge in [-0.05, 0) is 0 Å². The van der Waals surface area contributed by atoms with Gasteiger partial charge < -0.3 is 36.0 Å². The van der Waals surface area contributed by atoms with Crippen molar-refractivity contribution in [1.29, 1.82) is 0 Å². The maximum Gasteiger partial charge on any atom is 0.323 e. The van der Waals surface area contributed by atoms with Crippen molar-refractivity contribution in [2.24, 2.45) is 5.73 Å². The number of aliphatic hydroxyl groups excluding tert-OH is 5. The van der Waals surface area contributed by atoms with Crippen molar-refractivity contribution in [3.63, 3.8) is 0 Å². The van der Waals surface area contributed by atoms with Crippen LogP contribution in [0.2, 0.25) is 0 Å². The molecular formula is C9H19NO7S. The van der Waals surface area contributed by atoms with Crippen LogP contribution in [0.1, 0.15) is 0 Å². The third-order valence-corrected chi connectivity index (χ3v) is 2.61. The summed E-state index contributed by atoms with van der Waals surface area (Å²) in [6.07, 6.45) is -6.75. The van der Waals surface area contributed by atoms with Gasteiger partial charge in [0.05, 0.1) is 6.61 Å². The molecule has 0 amide bonds. The smallest absolute Gasteiger partial charge is 0.323 e. The van der Waals surface area contributed by atoms with Crippen molar-refractivity contribution in [2.75, 3.05) is 19.0 Å². The molecule has 8 nitrogen and oxygen atoms in total. The lowest BCUT2D eigenvalue weighted by Gasteiger charge is -2.25. The SMILES string of the molecule is N[C@@H](CS)C(=O)OC[C@@H](O)[C@@H](O)[C@H](O)[C@H](O)CO. The summed E-state index contributed by atoms with van der Waals surface area (Å²) in [5.74, 6) is -0.753. The molecule has 0 aromatic carbocycles. The zero-order chi connectivity index (χ0) is 14.3. The summed E-state index contributed by atoms with van der Waals surface area (Å²) in [5, 5.41) is 45.6. The normalized spacial score (nSPS) is 19.7. The summed E-state index contributed by atoms with van der Waals surface area (Å²) < 4.78 is 4.56. The van der Waals surface area contributed by atoms with E-state index in [1.54, 1.807) is 0 Å². The lowest BCUT2D eigenvalue weighted by molar-refractivity contribution is -0.157. The Morgan fingerprint density at radius 2 is 1.67 bits per heavy atom. The fraction of sp³-hybridized carbons (Fsp3) is 0.889. The molecule has 0 rings (SSSR count). The van der Waals surface area contributed by atoms with Crippen LogP contribution < -0.4 is 5.73 Å². The largest absolute Gasteiger partial charge is 0.462 e. The van der Waals surface area contributed by atoms with Crippen molar-refractivity contribution in [3.05, 3.63) is 0 Å². The Morgan fingerprint density at radius 3 is 2.11 bits per heavy atom. The summed E-state index contributed by atoms with van der Waals surface area (Å²) in [5.41, 5.74) is 5.29. The first kappa shape index (κ1) is 17.6. The van der Waals surface area contributed by atoms with Crippen LogP contribution in [-0.2, 0) is 9.53 Å². The molecular weight excluding hydrogens is 266 g/mol. The van der Waals surface area contributed by atoms with Gasteiger partial charge in [0.1, 0.15) is 37.1 Å². The molecule has 0 radical (unpaired) electrons. The minimum Gasteiger partial charge on any atom is -0.462 e. The molecule has 0 bridgehead atoms. The van der Waals surface area contributed by atoms with Crippen LogP contribution in [0, 0.1) is 0 Å². The molecule has 9 heteroatoms. The quantitative estimate of drug-likeness (QED) is 0.177. The Bertz CT molecular complexity index is 255. The van der Waals surface area contributed by atoms with E-state index in [1.165, 1.54) is 0 Å². The van der Waals surface area contributed by atoms with Gasteiger partial charge in [-0.2, -0.15) is 12.6 Å². The average Bonchev–Trinajstić information content (AvgIpc) is 2.40. The summed E-state index contributed by atoms with van der Waals surface area (Å²) in [4.78, 5) is 11.1. The molecule has 0 spiro atoms. The van der Waals surface area contributed by atoms with E-state index in [9.17, 15) is 20.1 Å². The Morgan fingerprint density at radius 1 is 1.17 bits per heavy atom. The van der Waals surface area contributed by atoms with Crippen molar-refractivity contribution >= 4 is 18.6 Å². The molecule has 108 valence electrons. The van der Waals surface area contributed by atoms with E-state index in [0.717, 1.165) is 0 Å². The summed E-state index contributed by atoms with van der Waals surface area (Å²) in [6, 6.07) is -0.953.